The Morgan fingerprint density at radius 1 is 1.08 bits per heavy atom. The van der Waals surface area contributed by atoms with E-state index < -0.39 is 23.1 Å². The van der Waals surface area contributed by atoms with Gasteiger partial charge in [-0.25, -0.2) is 9.59 Å². The van der Waals surface area contributed by atoms with Crippen LogP contribution in [0.5, 0.6) is 11.6 Å². The average Bonchev–Trinajstić information content (AvgIpc) is 2.89. The zero-order valence-electron chi connectivity index (χ0n) is 20.6. The van der Waals surface area contributed by atoms with E-state index in [1.807, 2.05) is 0 Å². The van der Waals surface area contributed by atoms with Gasteiger partial charge in [0, 0.05) is 6.21 Å². The van der Waals surface area contributed by atoms with E-state index in [1.54, 1.807) is 48.5 Å². The molecular formula is C26H30N4O6. The van der Waals surface area contributed by atoms with Crippen LogP contribution in [0.2, 0.25) is 0 Å². The van der Waals surface area contributed by atoms with Gasteiger partial charge in [-0.3, -0.25) is 14.8 Å². The molecule has 0 radical (unpaired) electrons. The number of methoxy groups -OCH3 is 1. The highest BCUT2D eigenvalue weighted by molar-refractivity contribution is 5.90. The van der Waals surface area contributed by atoms with Gasteiger partial charge in [-0.1, -0.05) is 12.1 Å². The summed E-state index contributed by atoms with van der Waals surface area (Å²) < 4.78 is 11.4. The van der Waals surface area contributed by atoms with Crippen molar-refractivity contribution in [2.45, 2.75) is 20.4 Å². The molecule has 2 aromatic carbocycles. The second-order valence-electron chi connectivity index (χ2n) is 8.06. The van der Waals surface area contributed by atoms with E-state index in [-0.39, 0.29) is 12.1 Å². The Morgan fingerprint density at radius 3 is 2.36 bits per heavy atom. The molecule has 1 aromatic heterocycles. The highest BCUT2D eigenvalue weighted by Gasteiger charge is 2.10. The summed E-state index contributed by atoms with van der Waals surface area (Å²) in [5, 5.41) is 12.9. The van der Waals surface area contributed by atoms with Crippen LogP contribution < -0.4 is 26.0 Å². The first kappa shape index (κ1) is 26.4. The van der Waals surface area contributed by atoms with Crippen molar-refractivity contribution in [3.8, 4) is 11.6 Å². The molecule has 0 atom stereocenters. The molecule has 10 nitrogen and oxygen atoms in total. The minimum Gasteiger partial charge on any atom is -0.859 e. The van der Waals surface area contributed by atoms with Gasteiger partial charge >= 0.3 is 11.7 Å². The smallest absolute Gasteiger partial charge is 0.338 e. The summed E-state index contributed by atoms with van der Waals surface area (Å²) in [5.74, 6) is -0.539. The standard InChI is InChI=1S/C26H30N4O6/c1-4-29(5-2)14-15-36-25(33)19-8-10-20(11-9-19)27-16-22-23(31)28-26(34)30(24(22)32)17-18-6-12-21(35-3)13-7-18/h6-13,16,32H,4-5,14-15,17H2,1-3H3,(H,28,31,34). The van der Waals surface area contributed by atoms with Gasteiger partial charge in [-0.2, -0.15) is 0 Å². The van der Waals surface area contributed by atoms with Crippen LogP contribution in [0.3, 0.4) is 0 Å². The summed E-state index contributed by atoms with van der Waals surface area (Å²) in [4.78, 5) is 44.4. The van der Waals surface area contributed by atoms with Crippen molar-refractivity contribution in [1.29, 1.82) is 0 Å². The number of rotatable bonds is 11. The number of likely N-dealkylation sites (N-methyl/N-ethyl adjacent to an activating group) is 1. The molecular weight excluding hydrogens is 464 g/mol. The van der Waals surface area contributed by atoms with Gasteiger partial charge in [0.1, 0.15) is 18.9 Å². The van der Waals surface area contributed by atoms with Crippen molar-refractivity contribution < 1.29 is 24.3 Å². The van der Waals surface area contributed by atoms with Gasteiger partial charge in [0.05, 0.1) is 43.6 Å². The zero-order valence-corrected chi connectivity index (χ0v) is 20.6. The number of nitrogens with one attached hydrogen (secondary N) is 2. The number of hydrogen-bond donors (Lipinski definition) is 2. The Balaban J connectivity index is 1.72. The highest BCUT2D eigenvalue weighted by Crippen LogP contribution is 2.16. The van der Waals surface area contributed by atoms with Crippen LogP contribution >= 0.6 is 0 Å². The molecule has 0 unspecified atom stereocenters. The Bertz CT molecular complexity index is 1310. The molecule has 0 fully saturated rings. The van der Waals surface area contributed by atoms with E-state index in [1.165, 1.54) is 12.0 Å². The zero-order chi connectivity index (χ0) is 26.1. The maximum absolute atomic E-state index is 12.9. The largest absolute Gasteiger partial charge is 0.859 e. The molecule has 0 spiro atoms. The van der Waals surface area contributed by atoms with Crippen LogP contribution in [-0.4, -0.2) is 55.1 Å². The van der Waals surface area contributed by atoms with Crippen LogP contribution in [0.4, 0.5) is 5.69 Å². The molecule has 0 bridgehead atoms. The predicted octanol–water partition coefficient (Wildman–Crippen LogP) is 0.499. The topological polar surface area (TPSA) is 130 Å². The number of ether oxygens (including phenoxy) is 2. The molecule has 3 aromatic rings. The van der Waals surface area contributed by atoms with Crippen LogP contribution in [0, 0.1) is 0 Å². The average molecular weight is 495 g/mol. The lowest BCUT2D eigenvalue weighted by molar-refractivity contribution is -0.896. The molecule has 0 aliphatic heterocycles. The van der Waals surface area contributed by atoms with Gasteiger partial charge < -0.3 is 24.0 Å². The fourth-order valence-electron chi connectivity index (χ4n) is 3.54. The van der Waals surface area contributed by atoms with Crippen molar-refractivity contribution in [2.24, 2.45) is 4.99 Å². The van der Waals surface area contributed by atoms with Crippen molar-refractivity contribution >= 4 is 17.9 Å². The molecule has 190 valence electrons. The van der Waals surface area contributed by atoms with Gasteiger partial charge in [0.25, 0.3) is 5.56 Å². The second kappa shape index (κ2) is 12.5. The number of esters is 1. The van der Waals surface area contributed by atoms with Gasteiger partial charge in [-0.05, 0) is 61.7 Å². The molecule has 3 rings (SSSR count). The fourth-order valence-corrected chi connectivity index (χ4v) is 3.54. The minimum absolute atomic E-state index is 0.0220. The third-order valence-electron chi connectivity index (χ3n) is 5.82. The first-order chi connectivity index (χ1) is 17.4. The first-order valence-electron chi connectivity index (χ1n) is 11.7. The molecule has 1 heterocycles. The van der Waals surface area contributed by atoms with Crippen molar-refractivity contribution in [3.05, 3.63) is 86.1 Å². The first-order valence-corrected chi connectivity index (χ1v) is 11.7. The maximum atomic E-state index is 12.9. The minimum atomic E-state index is -0.824. The summed E-state index contributed by atoms with van der Waals surface area (Å²) in [7, 11) is 1.54. The molecule has 0 saturated heterocycles. The Labute approximate surface area is 208 Å². The number of aliphatic imine (C=N–C) groups is 1. The number of benzene rings is 2. The molecule has 2 N–H and O–H groups in total. The lowest BCUT2D eigenvalue weighted by Gasteiger charge is -2.18. The number of aromatic amines is 1. The number of carbonyl (C=O) groups excluding carboxylic acids is 1. The summed E-state index contributed by atoms with van der Waals surface area (Å²) in [6, 6.07) is 13.2. The number of nitrogens with zero attached hydrogens (tertiary/aromatic N) is 2. The summed E-state index contributed by atoms with van der Waals surface area (Å²) in [6.45, 7) is 7.15. The SMILES string of the molecule is CC[NH+](CC)CCOC(=O)c1ccc(N=Cc2c([O-])n(Cc3ccc(OC)cc3)c(=O)[nH]c2=O)cc1. The monoisotopic (exact) mass is 494 g/mol. The highest BCUT2D eigenvalue weighted by atomic mass is 16.5. The number of H-pyrrole nitrogens is 1. The summed E-state index contributed by atoms with van der Waals surface area (Å²) in [5.41, 5.74) is -0.417. The Hall–Kier alpha value is -4.18. The van der Waals surface area contributed by atoms with Crippen LogP contribution in [-0.2, 0) is 11.3 Å². The Morgan fingerprint density at radius 2 is 1.75 bits per heavy atom. The van der Waals surface area contributed by atoms with Crippen molar-refractivity contribution in [2.75, 3.05) is 33.4 Å². The van der Waals surface area contributed by atoms with E-state index in [9.17, 15) is 19.5 Å². The van der Waals surface area contributed by atoms with E-state index in [0.29, 0.717) is 29.2 Å². The number of carbonyl (C=O) groups is 1. The van der Waals surface area contributed by atoms with Crippen LogP contribution in [0.25, 0.3) is 0 Å². The van der Waals surface area contributed by atoms with E-state index in [0.717, 1.165) is 30.4 Å². The van der Waals surface area contributed by atoms with Crippen LogP contribution in [0.1, 0.15) is 35.3 Å². The van der Waals surface area contributed by atoms with E-state index in [4.69, 9.17) is 9.47 Å². The third-order valence-corrected chi connectivity index (χ3v) is 5.82. The maximum Gasteiger partial charge on any atom is 0.338 e. The number of aromatic nitrogens is 2. The lowest BCUT2D eigenvalue weighted by Crippen LogP contribution is -3.11. The number of quaternary nitrogens is 1. The van der Waals surface area contributed by atoms with E-state index >= 15 is 0 Å². The molecule has 0 amide bonds. The normalized spacial score (nSPS) is 11.2. The molecule has 10 heteroatoms. The molecule has 0 aliphatic rings. The molecule has 0 saturated carbocycles. The van der Waals surface area contributed by atoms with E-state index in [2.05, 4.69) is 23.8 Å². The third kappa shape index (κ3) is 6.70. The van der Waals surface area contributed by atoms with Crippen LogP contribution in [0.15, 0.2) is 63.1 Å². The quantitative estimate of drug-likeness (QED) is 0.295. The lowest BCUT2D eigenvalue weighted by atomic mass is 10.2. The van der Waals surface area contributed by atoms with Crippen molar-refractivity contribution in [3.63, 3.8) is 0 Å². The van der Waals surface area contributed by atoms with Gasteiger partial charge in [0.2, 0.25) is 0 Å². The van der Waals surface area contributed by atoms with Gasteiger partial charge in [0.15, 0.2) is 0 Å². The second-order valence-corrected chi connectivity index (χ2v) is 8.06. The molecule has 36 heavy (non-hydrogen) atoms. The summed E-state index contributed by atoms with van der Waals surface area (Å²) >= 11 is 0. The molecule has 0 aliphatic carbocycles. The fraction of sp³-hybridized carbons (Fsp3) is 0.308. The predicted molar refractivity (Wildman–Crippen MR) is 134 cm³/mol. The Kier molecular flexibility index (Phi) is 9.18. The summed E-state index contributed by atoms with van der Waals surface area (Å²) in [6.07, 6.45) is 1.12. The van der Waals surface area contributed by atoms with Gasteiger partial charge in [-0.15, -0.1) is 0 Å². The number of hydrogen-bond acceptors (Lipinski definition) is 7. The van der Waals surface area contributed by atoms with Crippen molar-refractivity contribution in [1.82, 2.24) is 9.55 Å².